The maximum Gasteiger partial charge on any atom is 0.139 e. The van der Waals surface area contributed by atoms with Gasteiger partial charge in [0, 0.05) is 17.9 Å². The quantitative estimate of drug-likeness (QED) is 0.837. The molecule has 2 rings (SSSR count). The Bertz CT molecular complexity index is 436. The minimum atomic E-state index is -0.272. The van der Waals surface area contributed by atoms with Gasteiger partial charge in [-0.05, 0) is 12.6 Å². The summed E-state index contributed by atoms with van der Waals surface area (Å²) in [5.41, 5.74) is 0.877. The molecule has 0 N–H and O–H groups in total. The van der Waals surface area contributed by atoms with E-state index in [4.69, 9.17) is 4.74 Å². The lowest BCUT2D eigenvalue weighted by molar-refractivity contribution is -0.127. The number of carbonyl (C=O) groups is 1. The second kappa shape index (κ2) is 5.43. The maximum absolute atomic E-state index is 12.1. The standard InChI is InChI=1S/C16H23NO2/c1-16(2,3)14(18)10-13-11-19-15(17(13)4)12-8-6-5-7-9-12/h5-9,13,15H,10-11H2,1-4H3/t13-,15+/m1/s1. The zero-order valence-corrected chi connectivity index (χ0v) is 12.2. The Balaban J connectivity index is 2.03. The van der Waals surface area contributed by atoms with Gasteiger partial charge < -0.3 is 4.74 Å². The van der Waals surface area contributed by atoms with Crippen LogP contribution in [-0.4, -0.2) is 30.4 Å². The van der Waals surface area contributed by atoms with Crippen LogP contribution in [0.1, 0.15) is 39.0 Å². The van der Waals surface area contributed by atoms with Gasteiger partial charge in [-0.2, -0.15) is 0 Å². The molecule has 0 aromatic heterocycles. The molecule has 1 aliphatic heterocycles. The zero-order chi connectivity index (χ0) is 14.0. The molecule has 0 spiro atoms. The van der Waals surface area contributed by atoms with Gasteiger partial charge in [-0.15, -0.1) is 0 Å². The molecule has 1 aromatic carbocycles. The Morgan fingerprint density at radius 2 is 1.95 bits per heavy atom. The number of ether oxygens (including phenoxy) is 1. The fourth-order valence-corrected chi connectivity index (χ4v) is 2.30. The number of benzene rings is 1. The molecule has 0 bridgehead atoms. The average molecular weight is 261 g/mol. The minimum absolute atomic E-state index is 0.0287. The largest absolute Gasteiger partial charge is 0.357 e. The Morgan fingerprint density at radius 3 is 2.53 bits per heavy atom. The highest BCUT2D eigenvalue weighted by molar-refractivity contribution is 5.84. The monoisotopic (exact) mass is 261 g/mol. The van der Waals surface area contributed by atoms with Crippen LogP contribution in [0.15, 0.2) is 30.3 Å². The first-order valence-corrected chi connectivity index (χ1v) is 6.81. The van der Waals surface area contributed by atoms with Gasteiger partial charge in [-0.3, -0.25) is 9.69 Å². The van der Waals surface area contributed by atoms with Crippen molar-refractivity contribution in [1.29, 1.82) is 0 Å². The van der Waals surface area contributed by atoms with Gasteiger partial charge in [0.25, 0.3) is 0 Å². The molecule has 0 radical (unpaired) electrons. The van der Waals surface area contributed by atoms with Crippen molar-refractivity contribution in [3.8, 4) is 0 Å². The van der Waals surface area contributed by atoms with E-state index in [9.17, 15) is 4.79 Å². The Hall–Kier alpha value is -1.19. The van der Waals surface area contributed by atoms with E-state index in [1.54, 1.807) is 0 Å². The van der Waals surface area contributed by atoms with Gasteiger partial charge in [-0.25, -0.2) is 0 Å². The molecule has 0 aliphatic carbocycles. The van der Waals surface area contributed by atoms with Gasteiger partial charge in [0.15, 0.2) is 0 Å². The molecule has 3 heteroatoms. The molecule has 1 saturated heterocycles. The molecule has 1 aromatic rings. The summed E-state index contributed by atoms with van der Waals surface area (Å²) < 4.78 is 5.85. The summed E-state index contributed by atoms with van der Waals surface area (Å²) in [4.78, 5) is 14.3. The lowest BCUT2D eigenvalue weighted by Gasteiger charge is -2.25. The van der Waals surface area contributed by atoms with E-state index in [-0.39, 0.29) is 17.7 Å². The number of ketones is 1. The van der Waals surface area contributed by atoms with Crippen LogP contribution in [0.2, 0.25) is 0 Å². The van der Waals surface area contributed by atoms with Gasteiger partial charge in [0.05, 0.1) is 6.61 Å². The highest BCUT2D eigenvalue weighted by Gasteiger charge is 2.35. The van der Waals surface area contributed by atoms with Crippen molar-refractivity contribution in [1.82, 2.24) is 4.90 Å². The Morgan fingerprint density at radius 1 is 1.32 bits per heavy atom. The molecule has 0 saturated carbocycles. The third-order valence-electron chi connectivity index (χ3n) is 3.73. The van der Waals surface area contributed by atoms with Crippen molar-refractivity contribution in [3.63, 3.8) is 0 Å². The smallest absolute Gasteiger partial charge is 0.139 e. The maximum atomic E-state index is 12.1. The summed E-state index contributed by atoms with van der Waals surface area (Å²) in [6.45, 7) is 6.54. The SMILES string of the molecule is CN1[C@H](CC(=O)C(C)(C)C)CO[C@H]1c1ccccc1. The van der Waals surface area contributed by atoms with Crippen LogP contribution in [-0.2, 0) is 9.53 Å². The van der Waals surface area contributed by atoms with Crippen LogP contribution in [0, 0.1) is 5.41 Å². The third kappa shape index (κ3) is 3.23. The van der Waals surface area contributed by atoms with Gasteiger partial charge in [0.1, 0.15) is 12.0 Å². The van der Waals surface area contributed by atoms with Crippen LogP contribution < -0.4 is 0 Å². The molecule has 1 heterocycles. The summed E-state index contributed by atoms with van der Waals surface area (Å²) >= 11 is 0. The Kier molecular flexibility index (Phi) is 4.07. The van der Waals surface area contributed by atoms with Crippen LogP contribution in [0.3, 0.4) is 0 Å². The van der Waals surface area contributed by atoms with E-state index in [0.717, 1.165) is 5.56 Å². The number of hydrogen-bond donors (Lipinski definition) is 0. The van der Waals surface area contributed by atoms with Crippen molar-refractivity contribution < 1.29 is 9.53 Å². The van der Waals surface area contributed by atoms with E-state index in [0.29, 0.717) is 18.8 Å². The summed E-state index contributed by atoms with van der Waals surface area (Å²) in [5.74, 6) is 0.293. The van der Waals surface area contributed by atoms with E-state index in [1.807, 2.05) is 46.0 Å². The number of nitrogens with zero attached hydrogens (tertiary/aromatic N) is 1. The minimum Gasteiger partial charge on any atom is -0.357 e. The molecule has 3 nitrogen and oxygen atoms in total. The number of rotatable bonds is 3. The lowest BCUT2D eigenvalue weighted by atomic mass is 9.87. The first-order chi connectivity index (χ1) is 8.89. The summed E-state index contributed by atoms with van der Waals surface area (Å²) in [5, 5.41) is 0. The van der Waals surface area contributed by atoms with E-state index < -0.39 is 0 Å². The second-order valence-corrected chi connectivity index (χ2v) is 6.29. The van der Waals surface area contributed by atoms with Crippen molar-refractivity contribution in [2.45, 2.75) is 39.5 Å². The molecular formula is C16H23NO2. The number of carbonyl (C=O) groups excluding carboxylic acids is 1. The van der Waals surface area contributed by atoms with E-state index in [1.165, 1.54) is 0 Å². The molecule has 1 fully saturated rings. The fourth-order valence-electron chi connectivity index (χ4n) is 2.30. The van der Waals surface area contributed by atoms with Crippen molar-refractivity contribution in [2.24, 2.45) is 5.41 Å². The predicted molar refractivity (Wildman–Crippen MR) is 75.8 cm³/mol. The highest BCUT2D eigenvalue weighted by Crippen LogP contribution is 2.31. The molecule has 19 heavy (non-hydrogen) atoms. The number of Topliss-reactive ketones (excluding diaryl/α,β-unsaturated/α-hetero) is 1. The zero-order valence-electron chi connectivity index (χ0n) is 12.2. The third-order valence-corrected chi connectivity index (χ3v) is 3.73. The molecule has 104 valence electrons. The molecular weight excluding hydrogens is 238 g/mol. The summed E-state index contributed by atoms with van der Waals surface area (Å²) in [7, 11) is 2.03. The van der Waals surface area contributed by atoms with Gasteiger partial charge in [-0.1, -0.05) is 51.1 Å². The first kappa shape index (κ1) is 14.2. The first-order valence-electron chi connectivity index (χ1n) is 6.81. The number of likely N-dealkylation sites (N-methyl/N-ethyl adjacent to an activating group) is 1. The van der Waals surface area contributed by atoms with Crippen LogP contribution in [0.4, 0.5) is 0 Å². The van der Waals surface area contributed by atoms with Crippen LogP contribution in [0.5, 0.6) is 0 Å². The summed E-state index contributed by atoms with van der Waals surface area (Å²) in [6.07, 6.45) is 0.530. The molecule has 0 amide bonds. The molecule has 1 aliphatic rings. The van der Waals surface area contributed by atoms with E-state index in [2.05, 4.69) is 17.0 Å². The van der Waals surface area contributed by atoms with Gasteiger partial charge >= 0.3 is 0 Å². The van der Waals surface area contributed by atoms with Gasteiger partial charge in [0.2, 0.25) is 0 Å². The van der Waals surface area contributed by atoms with E-state index >= 15 is 0 Å². The van der Waals surface area contributed by atoms with Crippen LogP contribution in [0.25, 0.3) is 0 Å². The molecule has 2 atom stereocenters. The lowest BCUT2D eigenvalue weighted by Crippen LogP contribution is -2.34. The van der Waals surface area contributed by atoms with Crippen molar-refractivity contribution in [2.75, 3.05) is 13.7 Å². The van der Waals surface area contributed by atoms with Crippen molar-refractivity contribution in [3.05, 3.63) is 35.9 Å². The summed E-state index contributed by atoms with van der Waals surface area (Å²) in [6, 6.07) is 10.3. The highest BCUT2D eigenvalue weighted by atomic mass is 16.5. The fraction of sp³-hybridized carbons (Fsp3) is 0.562. The topological polar surface area (TPSA) is 29.5 Å². The van der Waals surface area contributed by atoms with Crippen LogP contribution >= 0.6 is 0 Å². The Labute approximate surface area is 115 Å². The predicted octanol–water partition coefficient (Wildman–Crippen LogP) is 3.02. The number of hydrogen-bond acceptors (Lipinski definition) is 3. The second-order valence-electron chi connectivity index (χ2n) is 6.29. The van der Waals surface area contributed by atoms with Crippen molar-refractivity contribution >= 4 is 5.78 Å². The normalized spacial score (nSPS) is 24.6. The molecule has 0 unspecified atom stereocenters. The average Bonchev–Trinajstić information content (AvgIpc) is 2.71.